The molecule has 2 aromatic heterocycles. The third-order valence-electron chi connectivity index (χ3n) is 5.77. The Labute approximate surface area is 179 Å². The van der Waals surface area contributed by atoms with Gasteiger partial charge in [0.1, 0.15) is 0 Å². The Morgan fingerprint density at radius 2 is 1.77 bits per heavy atom. The molecule has 0 atom stereocenters. The first-order valence-electron chi connectivity index (χ1n) is 10.4. The summed E-state index contributed by atoms with van der Waals surface area (Å²) in [6.07, 6.45) is 0. The lowest BCUT2D eigenvalue weighted by Gasteiger charge is -2.39. The average Bonchev–Trinajstić information content (AvgIpc) is 3.08. The van der Waals surface area contributed by atoms with E-state index in [1.165, 1.54) is 10.7 Å². The zero-order valence-electron chi connectivity index (χ0n) is 17.5. The third kappa shape index (κ3) is 3.52. The lowest BCUT2D eigenvalue weighted by atomic mass is 9.97. The number of carbonyl (C=O) groups is 1. The first kappa shape index (κ1) is 19.2. The fraction of sp³-hybridized carbons (Fsp3) is 0.250. The van der Waals surface area contributed by atoms with Crippen molar-refractivity contribution in [3.63, 3.8) is 0 Å². The molecular formula is C24H23N5O2. The molecule has 31 heavy (non-hydrogen) atoms. The van der Waals surface area contributed by atoms with E-state index in [9.17, 15) is 9.59 Å². The van der Waals surface area contributed by atoms with Crippen LogP contribution >= 0.6 is 0 Å². The quantitative estimate of drug-likeness (QED) is 0.516. The van der Waals surface area contributed by atoms with Crippen LogP contribution in [0.1, 0.15) is 21.7 Å². The van der Waals surface area contributed by atoms with Crippen molar-refractivity contribution >= 4 is 16.7 Å². The highest BCUT2D eigenvalue weighted by Crippen LogP contribution is 2.24. The van der Waals surface area contributed by atoms with Gasteiger partial charge in [0.05, 0.1) is 12.2 Å². The summed E-state index contributed by atoms with van der Waals surface area (Å²) in [4.78, 5) is 27.2. The summed E-state index contributed by atoms with van der Waals surface area (Å²) in [5.74, 6) is 0.845. The van der Waals surface area contributed by atoms with Gasteiger partial charge in [0.25, 0.3) is 11.5 Å². The maximum atomic E-state index is 13.0. The minimum atomic E-state index is -0.149. The van der Waals surface area contributed by atoms with Crippen molar-refractivity contribution < 1.29 is 4.79 Å². The number of fused-ring (bicyclic) bond motifs is 1. The van der Waals surface area contributed by atoms with Gasteiger partial charge in [-0.25, -0.2) is 9.36 Å². The van der Waals surface area contributed by atoms with Crippen LogP contribution in [-0.4, -0.2) is 43.5 Å². The Kier molecular flexibility index (Phi) is 4.66. The molecule has 0 N–H and O–H groups in total. The predicted molar refractivity (Wildman–Crippen MR) is 118 cm³/mol. The summed E-state index contributed by atoms with van der Waals surface area (Å²) in [5, 5.41) is 11.0. The maximum absolute atomic E-state index is 13.0. The van der Waals surface area contributed by atoms with Crippen molar-refractivity contribution in [2.45, 2.75) is 20.4 Å². The molecule has 4 aromatic rings. The smallest absolute Gasteiger partial charge is 0.266 e. The van der Waals surface area contributed by atoms with E-state index < -0.39 is 0 Å². The Hall–Kier alpha value is -3.74. The molecule has 1 fully saturated rings. The zero-order chi connectivity index (χ0) is 21.5. The number of nitrogens with zero attached hydrogens (tertiary/aromatic N) is 5. The van der Waals surface area contributed by atoms with Crippen LogP contribution in [0.25, 0.3) is 16.6 Å². The van der Waals surface area contributed by atoms with Gasteiger partial charge in [-0.05, 0) is 42.8 Å². The molecule has 1 aliphatic rings. The fourth-order valence-electron chi connectivity index (χ4n) is 4.22. The van der Waals surface area contributed by atoms with Crippen LogP contribution < -0.4 is 5.56 Å². The number of aryl methyl sites for hydroxylation is 2. The van der Waals surface area contributed by atoms with Gasteiger partial charge in [0.2, 0.25) is 0 Å². The van der Waals surface area contributed by atoms with Crippen molar-refractivity contribution in [1.82, 2.24) is 24.5 Å². The van der Waals surface area contributed by atoms with E-state index >= 15 is 0 Å². The number of amides is 1. The van der Waals surface area contributed by atoms with Crippen LogP contribution in [-0.2, 0) is 6.54 Å². The molecule has 0 spiro atoms. The molecule has 7 heteroatoms. The molecule has 0 aliphatic carbocycles. The summed E-state index contributed by atoms with van der Waals surface area (Å²) in [7, 11) is 0. The highest BCUT2D eigenvalue weighted by Gasteiger charge is 2.32. The molecular weight excluding hydrogens is 390 g/mol. The SMILES string of the molecule is Cc1cc(C)n(-c2ccc(=O)n(CC3CN(C(=O)c4cccc5ccccc45)C3)n2)n1. The molecule has 5 rings (SSSR count). The second kappa shape index (κ2) is 7.50. The van der Waals surface area contributed by atoms with E-state index in [0.29, 0.717) is 25.5 Å². The summed E-state index contributed by atoms with van der Waals surface area (Å²) >= 11 is 0. The first-order chi connectivity index (χ1) is 15.0. The molecule has 1 aliphatic heterocycles. The number of aromatic nitrogens is 4. The van der Waals surface area contributed by atoms with E-state index in [-0.39, 0.29) is 17.4 Å². The fourth-order valence-corrected chi connectivity index (χ4v) is 4.22. The Balaban J connectivity index is 1.31. The van der Waals surface area contributed by atoms with Gasteiger partial charge in [-0.3, -0.25) is 9.59 Å². The summed E-state index contributed by atoms with van der Waals surface area (Å²) in [6, 6.07) is 18.9. The second-order valence-corrected chi connectivity index (χ2v) is 8.15. The Morgan fingerprint density at radius 3 is 2.55 bits per heavy atom. The lowest BCUT2D eigenvalue weighted by Crippen LogP contribution is -2.52. The molecule has 0 bridgehead atoms. The zero-order valence-corrected chi connectivity index (χ0v) is 17.5. The first-order valence-corrected chi connectivity index (χ1v) is 10.4. The molecule has 156 valence electrons. The average molecular weight is 413 g/mol. The van der Waals surface area contributed by atoms with E-state index in [1.54, 1.807) is 10.7 Å². The van der Waals surface area contributed by atoms with E-state index in [2.05, 4.69) is 10.2 Å². The van der Waals surface area contributed by atoms with Crippen molar-refractivity contribution in [3.05, 3.63) is 88.0 Å². The lowest BCUT2D eigenvalue weighted by molar-refractivity contribution is 0.0460. The number of hydrogen-bond donors (Lipinski definition) is 0. The highest BCUT2D eigenvalue weighted by atomic mass is 16.2. The van der Waals surface area contributed by atoms with Crippen LogP contribution in [0.2, 0.25) is 0 Å². The molecule has 0 radical (unpaired) electrons. The van der Waals surface area contributed by atoms with Gasteiger partial charge in [0, 0.05) is 36.3 Å². The van der Waals surface area contributed by atoms with Crippen LogP contribution in [0.4, 0.5) is 0 Å². The van der Waals surface area contributed by atoms with Crippen molar-refractivity contribution in [3.8, 4) is 5.82 Å². The van der Waals surface area contributed by atoms with Gasteiger partial charge in [-0.15, -0.1) is 5.10 Å². The number of likely N-dealkylation sites (tertiary alicyclic amines) is 1. The van der Waals surface area contributed by atoms with Crippen molar-refractivity contribution in [2.24, 2.45) is 5.92 Å². The third-order valence-corrected chi connectivity index (χ3v) is 5.77. The van der Waals surface area contributed by atoms with E-state index in [1.807, 2.05) is 67.3 Å². The van der Waals surface area contributed by atoms with Gasteiger partial charge in [-0.1, -0.05) is 36.4 Å². The van der Waals surface area contributed by atoms with Crippen LogP contribution in [0.3, 0.4) is 0 Å². The second-order valence-electron chi connectivity index (χ2n) is 8.15. The van der Waals surface area contributed by atoms with E-state index in [4.69, 9.17) is 0 Å². The largest absolute Gasteiger partial charge is 0.338 e. The highest BCUT2D eigenvalue weighted by molar-refractivity contribution is 6.07. The monoisotopic (exact) mass is 413 g/mol. The number of hydrogen-bond acceptors (Lipinski definition) is 4. The van der Waals surface area contributed by atoms with Gasteiger partial charge < -0.3 is 4.90 Å². The predicted octanol–water partition coefficient (Wildman–Crippen LogP) is 2.97. The molecule has 1 saturated heterocycles. The molecule has 0 unspecified atom stereocenters. The molecule has 3 heterocycles. The Morgan fingerprint density at radius 1 is 1.00 bits per heavy atom. The van der Waals surface area contributed by atoms with Gasteiger partial charge in [-0.2, -0.15) is 5.10 Å². The topological polar surface area (TPSA) is 73.0 Å². The number of carbonyl (C=O) groups excluding carboxylic acids is 1. The van der Waals surface area contributed by atoms with Crippen LogP contribution in [0.15, 0.2) is 65.5 Å². The molecule has 7 nitrogen and oxygen atoms in total. The number of benzene rings is 2. The normalized spacial score (nSPS) is 14.1. The molecule has 2 aromatic carbocycles. The van der Waals surface area contributed by atoms with Crippen LogP contribution in [0.5, 0.6) is 0 Å². The van der Waals surface area contributed by atoms with Gasteiger partial charge in [0.15, 0.2) is 5.82 Å². The van der Waals surface area contributed by atoms with Crippen molar-refractivity contribution in [2.75, 3.05) is 13.1 Å². The summed E-state index contributed by atoms with van der Waals surface area (Å²) in [5.41, 5.74) is 2.44. The number of rotatable bonds is 4. The van der Waals surface area contributed by atoms with Crippen LogP contribution in [0, 0.1) is 19.8 Å². The van der Waals surface area contributed by atoms with Gasteiger partial charge >= 0.3 is 0 Å². The maximum Gasteiger partial charge on any atom is 0.266 e. The minimum Gasteiger partial charge on any atom is -0.338 e. The molecule has 1 amide bonds. The summed E-state index contributed by atoms with van der Waals surface area (Å²) < 4.78 is 3.22. The van der Waals surface area contributed by atoms with Crippen molar-refractivity contribution in [1.29, 1.82) is 0 Å². The minimum absolute atomic E-state index is 0.0322. The van der Waals surface area contributed by atoms with E-state index in [0.717, 1.165) is 27.7 Å². The Bertz CT molecular complexity index is 1340. The summed E-state index contributed by atoms with van der Waals surface area (Å²) in [6.45, 7) is 5.58. The molecule has 0 saturated carbocycles. The standard InChI is InChI=1S/C24H23N5O2/c1-16-12-17(2)29(25-16)22-10-11-23(30)28(26-22)15-18-13-27(14-18)24(31)21-9-5-7-19-6-3-4-8-20(19)21/h3-12,18H,13-15H2,1-2H3.